The van der Waals surface area contributed by atoms with Crippen LogP contribution in [0.2, 0.25) is 0 Å². The molecule has 2 unspecified atom stereocenters. The van der Waals surface area contributed by atoms with Crippen LogP contribution >= 0.6 is 0 Å². The van der Waals surface area contributed by atoms with Crippen molar-refractivity contribution in [2.75, 3.05) is 13.1 Å². The van der Waals surface area contributed by atoms with Crippen LogP contribution in [-0.4, -0.2) is 29.9 Å². The van der Waals surface area contributed by atoms with Gasteiger partial charge in [-0.2, -0.15) is 0 Å². The lowest BCUT2D eigenvalue weighted by Crippen LogP contribution is -2.51. The molecule has 0 aliphatic carbocycles. The largest absolute Gasteiger partial charge is 0.338 e. The SMILES string of the molecule is Cc1cccc(CC(=O)N2CCCC(C)C2CN)c1. The molecule has 0 bridgehead atoms. The molecule has 0 saturated carbocycles. The van der Waals surface area contributed by atoms with Gasteiger partial charge in [0.25, 0.3) is 0 Å². The number of nitrogens with zero attached hydrogens (tertiary/aromatic N) is 1. The van der Waals surface area contributed by atoms with Crippen LogP contribution in [0.5, 0.6) is 0 Å². The van der Waals surface area contributed by atoms with E-state index in [1.165, 1.54) is 12.0 Å². The molecule has 0 aromatic heterocycles. The second-order valence-electron chi connectivity index (χ2n) is 5.68. The van der Waals surface area contributed by atoms with Crippen molar-refractivity contribution in [1.82, 2.24) is 4.90 Å². The number of likely N-dealkylation sites (tertiary alicyclic amines) is 1. The Labute approximate surface area is 115 Å². The van der Waals surface area contributed by atoms with Gasteiger partial charge < -0.3 is 10.6 Å². The zero-order chi connectivity index (χ0) is 13.8. The molecule has 104 valence electrons. The summed E-state index contributed by atoms with van der Waals surface area (Å²) < 4.78 is 0. The maximum absolute atomic E-state index is 12.5. The van der Waals surface area contributed by atoms with E-state index in [4.69, 9.17) is 5.73 Å². The second-order valence-corrected chi connectivity index (χ2v) is 5.68. The van der Waals surface area contributed by atoms with Gasteiger partial charge in [0.05, 0.1) is 6.42 Å². The molecule has 1 amide bonds. The summed E-state index contributed by atoms with van der Waals surface area (Å²) in [7, 11) is 0. The van der Waals surface area contributed by atoms with Crippen molar-refractivity contribution in [3.63, 3.8) is 0 Å². The zero-order valence-corrected chi connectivity index (χ0v) is 11.9. The van der Waals surface area contributed by atoms with Crippen LogP contribution in [-0.2, 0) is 11.2 Å². The molecule has 19 heavy (non-hydrogen) atoms. The number of piperidine rings is 1. The standard InChI is InChI=1S/C16H24N2O/c1-12-5-3-7-14(9-12)10-16(19)18-8-4-6-13(2)15(18)11-17/h3,5,7,9,13,15H,4,6,8,10-11,17H2,1-2H3. The third-order valence-corrected chi connectivity index (χ3v) is 4.12. The summed E-state index contributed by atoms with van der Waals surface area (Å²) in [5, 5.41) is 0. The van der Waals surface area contributed by atoms with Gasteiger partial charge >= 0.3 is 0 Å². The number of carbonyl (C=O) groups is 1. The average molecular weight is 260 g/mol. The summed E-state index contributed by atoms with van der Waals surface area (Å²) in [6, 6.07) is 8.39. The van der Waals surface area contributed by atoms with Gasteiger partial charge in [0.1, 0.15) is 0 Å². The molecule has 2 N–H and O–H groups in total. The number of nitrogens with two attached hydrogens (primary N) is 1. The Morgan fingerprint density at radius 2 is 2.26 bits per heavy atom. The Bertz CT molecular complexity index is 444. The molecule has 1 fully saturated rings. The molecular formula is C16H24N2O. The van der Waals surface area contributed by atoms with Gasteiger partial charge in [-0.1, -0.05) is 36.8 Å². The minimum atomic E-state index is 0.214. The number of amides is 1. The van der Waals surface area contributed by atoms with E-state index < -0.39 is 0 Å². The van der Waals surface area contributed by atoms with E-state index in [0.717, 1.165) is 18.5 Å². The number of carbonyl (C=O) groups excluding carboxylic acids is 1. The maximum Gasteiger partial charge on any atom is 0.227 e. The fourth-order valence-corrected chi connectivity index (χ4v) is 3.02. The molecule has 3 nitrogen and oxygen atoms in total. The van der Waals surface area contributed by atoms with Crippen molar-refractivity contribution in [3.8, 4) is 0 Å². The van der Waals surface area contributed by atoms with Crippen molar-refractivity contribution < 1.29 is 4.79 Å². The van der Waals surface area contributed by atoms with Crippen LogP contribution in [0.15, 0.2) is 24.3 Å². The van der Waals surface area contributed by atoms with Crippen LogP contribution in [0.3, 0.4) is 0 Å². The highest BCUT2D eigenvalue weighted by Gasteiger charge is 2.30. The minimum Gasteiger partial charge on any atom is -0.338 e. The lowest BCUT2D eigenvalue weighted by molar-refractivity contribution is -0.135. The molecule has 1 aromatic rings. The summed E-state index contributed by atoms with van der Waals surface area (Å²) in [6.45, 7) is 5.68. The predicted octanol–water partition coefficient (Wildman–Crippen LogP) is 2.12. The lowest BCUT2D eigenvalue weighted by Gasteiger charge is -2.39. The van der Waals surface area contributed by atoms with Crippen LogP contribution in [0.25, 0.3) is 0 Å². The quantitative estimate of drug-likeness (QED) is 0.905. The van der Waals surface area contributed by atoms with Gasteiger partial charge in [-0.05, 0) is 31.2 Å². The number of hydrogen-bond acceptors (Lipinski definition) is 2. The number of rotatable bonds is 3. The van der Waals surface area contributed by atoms with Crippen LogP contribution in [0.1, 0.15) is 30.9 Å². The van der Waals surface area contributed by atoms with Crippen LogP contribution in [0, 0.1) is 12.8 Å². The summed E-state index contributed by atoms with van der Waals surface area (Å²) in [4.78, 5) is 14.5. The molecule has 2 atom stereocenters. The number of hydrogen-bond donors (Lipinski definition) is 1. The molecule has 1 heterocycles. The first-order valence-corrected chi connectivity index (χ1v) is 7.17. The number of aryl methyl sites for hydroxylation is 1. The maximum atomic E-state index is 12.5. The van der Waals surface area contributed by atoms with Crippen molar-refractivity contribution >= 4 is 5.91 Å². The Hall–Kier alpha value is -1.35. The lowest BCUT2D eigenvalue weighted by atomic mass is 9.90. The summed E-state index contributed by atoms with van der Waals surface area (Å²) in [6.07, 6.45) is 2.76. The van der Waals surface area contributed by atoms with Gasteiger partial charge in [-0.25, -0.2) is 0 Å². The van der Waals surface area contributed by atoms with Gasteiger partial charge in [0.15, 0.2) is 0 Å². The third-order valence-electron chi connectivity index (χ3n) is 4.12. The fraction of sp³-hybridized carbons (Fsp3) is 0.562. The van der Waals surface area contributed by atoms with Crippen molar-refractivity contribution in [1.29, 1.82) is 0 Å². The summed E-state index contributed by atoms with van der Waals surface area (Å²) >= 11 is 0. The highest BCUT2D eigenvalue weighted by molar-refractivity contribution is 5.79. The summed E-state index contributed by atoms with van der Waals surface area (Å²) in [5.74, 6) is 0.729. The smallest absolute Gasteiger partial charge is 0.227 e. The van der Waals surface area contributed by atoms with Gasteiger partial charge in [0.2, 0.25) is 5.91 Å². The van der Waals surface area contributed by atoms with Crippen molar-refractivity contribution in [2.24, 2.45) is 11.7 Å². The molecule has 3 heteroatoms. The average Bonchev–Trinajstić information content (AvgIpc) is 2.38. The normalized spacial score (nSPS) is 23.4. The monoisotopic (exact) mass is 260 g/mol. The van der Waals surface area contributed by atoms with E-state index in [1.807, 2.05) is 17.0 Å². The zero-order valence-electron chi connectivity index (χ0n) is 11.9. The molecule has 0 spiro atoms. The first-order chi connectivity index (χ1) is 9.11. The molecule has 0 radical (unpaired) electrons. The first-order valence-electron chi connectivity index (χ1n) is 7.17. The minimum absolute atomic E-state index is 0.214. The first kappa shape index (κ1) is 14.1. The van der Waals surface area contributed by atoms with Crippen molar-refractivity contribution in [2.45, 2.75) is 39.2 Å². The molecule has 1 aliphatic rings. The van der Waals surface area contributed by atoms with E-state index in [2.05, 4.69) is 26.0 Å². The Morgan fingerprint density at radius 1 is 1.47 bits per heavy atom. The molecule has 1 aromatic carbocycles. The molecular weight excluding hydrogens is 236 g/mol. The Morgan fingerprint density at radius 3 is 2.95 bits per heavy atom. The van der Waals surface area contributed by atoms with E-state index in [1.54, 1.807) is 0 Å². The predicted molar refractivity (Wildman–Crippen MR) is 77.8 cm³/mol. The topological polar surface area (TPSA) is 46.3 Å². The Balaban J connectivity index is 2.06. The van der Waals surface area contributed by atoms with Crippen LogP contribution < -0.4 is 5.73 Å². The van der Waals surface area contributed by atoms with E-state index in [0.29, 0.717) is 18.9 Å². The van der Waals surface area contributed by atoms with E-state index >= 15 is 0 Å². The Kier molecular flexibility index (Phi) is 4.59. The summed E-state index contributed by atoms with van der Waals surface area (Å²) in [5.41, 5.74) is 8.14. The molecule has 2 rings (SSSR count). The van der Waals surface area contributed by atoms with Crippen LogP contribution in [0.4, 0.5) is 0 Å². The van der Waals surface area contributed by atoms with Gasteiger partial charge in [-0.3, -0.25) is 4.79 Å². The van der Waals surface area contributed by atoms with E-state index in [-0.39, 0.29) is 11.9 Å². The molecule has 1 saturated heterocycles. The number of benzene rings is 1. The highest BCUT2D eigenvalue weighted by atomic mass is 16.2. The second kappa shape index (κ2) is 6.20. The third kappa shape index (κ3) is 3.35. The van der Waals surface area contributed by atoms with Gasteiger partial charge in [0, 0.05) is 19.1 Å². The fourth-order valence-electron chi connectivity index (χ4n) is 3.02. The van der Waals surface area contributed by atoms with E-state index in [9.17, 15) is 4.79 Å². The highest BCUT2D eigenvalue weighted by Crippen LogP contribution is 2.23. The van der Waals surface area contributed by atoms with Gasteiger partial charge in [-0.15, -0.1) is 0 Å². The molecule has 1 aliphatic heterocycles. The van der Waals surface area contributed by atoms with Crippen molar-refractivity contribution in [3.05, 3.63) is 35.4 Å².